The number of anilines is 1. The zero-order valence-corrected chi connectivity index (χ0v) is 19.0. The first kappa shape index (κ1) is 24.3. The Morgan fingerprint density at radius 2 is 1.35 bits per heavy atom. The highest BCUT2D eigenvalue weighted by Gasteiger charge is 2.14. The Labute approximate surface area is 198 Å². The summed E-state index contributed by atoms with van der Waals surface area (Å²) in [6.45, 7) is 4.14. The number of amides is 3. The predicted molar refractivity (Wildman–Crippen MR) is 129 cm³/mol. The van der Waals surface area contributed by atoms with Crippen molar-refractivity contribution in [3.05, 3.63) is 90.0 Å². The number of hydrogen-bond acceptors (Lipinski definition) is 5. The van der Waals surface area contributed by atoms with Crippen LogP contribution in [0.15, 0.2) is 78.9 Å². The molecule has 3 aromatic carbocycles. The second kappa shape index (κ2) is 12.1. The second-order valence-corrected chi connectivity index (χ2v) is 7.64. The van der Waals surface area contributed by atoms with Gasteiger partial charge in [0.1, 0.15) is 24.7 Å². The van der Waals surface area contributed by atoms with Crippen molar-refractivity contribution >= 4 is 23.4 Å². The van der Waals surface area contributed by atoms with E-state index in [0.717, 1.165) is 5.75 Å². The van der Waals surface area contributed by atoms with Crippen LogP contribution in [0.3, 0.4) is 0 Å². The molecule has 3 rings (SSSR count). The summed E-state index contributed by atoms with van der Waals surface area (Å²) in [5, 5.41) is 2.75. The first-order valence-electron chi connectivity index (χ1n) is 10.9. The summed E-state index contributed by atoms with van der Waals surface area (Å²) in [6.07, 6.45) is 0. The van der Waals surface area contributed by atoms with Crippen molar-refractivity contribution in [2.24, 2.45) is 5.92 Å². The maximum atomic E-state index is 12.6. The zero-order valence-electron chi connectivity index (χ0n) is 19.0. The molecule has 0 aliphatic rings. The Bertz CT molecular complexity index is 1110. The number of nitrogens with one attached hydrogen (secondary N) is 3. The van der Waals surface area contributed by atoms with Crippen molar-refractivity contribution in [2.75, 3.05) is 18.5 Å². The van der Waals surface area contributed by atoms with Crippen LogP contribution in [0.2, 0.25) is 0 Å². The van der Waals surface area contributed by atoms with Crippen LogP contribution in [-0.2, 0) is 4.79 Å². The number of carbonyl (C=O) groups is 3. The van der Waals surface area contributed by atoms with Gasteiger partial charge in [-0.05, 0) is 48.5 Å². The molecule has 0 saturated heterocycles. The molecule has 0 unspecified atom stereocenters. The van der Waals surface area contributed by atoms with Crippen LogP contribution in [0.25, 0.3) is 0 Å². The summed E-state index contributed by atoms with van der Waals surface area (Å²) >= 11 is 0. The van der Waals surface area contributed by atoms with Gasteiger partial charge in [-0.15, -0.1) is 0 Å². The lowest BCUT2D eigenvalue weighted by atomic mass is 10.1. The molecule has 0 fully saturated rings. The van der Waals surface area contributed by atoms with Gasteiger partial charge in [-0.25, -0.2) is 0 Å². The van der Waals surface area contributed by atoms with E-state index in [2.05, 4.69) is 16.2 Å². The molecular weight excluding hydrogens is 434 g/mol. The van der Waals surface area contributed by atoms with Gasteiger partial charge in [0, 0.05) is 17.2 Å². The van der Waals surface area contributed by atoms with Crippen LogP contribution < -0.4 is 25.6 Å². The highest BCUT2D eigenvalue weighted by Crippen LogP contribution is 2.18. The molecule has 34 heavy (non-hydrogen) atoms. The Morgan fingerprint density at radius 3 is 2.06 bits per heavy atom. The lowest BCUT2D eigenvalue weighted by Gasteiger charge is -2.13. The minimum atomic E-state index is -0.520. The number of rotatable bonds is 9. The van der Waals surface area contributed by atoms with Gasteiger partial charge >= 0.3 is 0 Å². The van der Waals surface area contributed by atoms with Gasteiger partial charge in [-0.1, -0.05) is 44.2 Å². The maximum absolute atomic E-state index is 12.6. The summed E-state index contributed by atoms with van der Waals surface area (Å²) in [5.74, 6) is -0.178. The predicted octanol–water partition coefficient (Wildman–Crippen LogP) is 3.81. The quantitative estimate of drug-likeness (QED) is 0.332. The second-order valence-electron chi connectivity index (χ2n) is 7.64. The van der Waals surface area contributed by atoms with E-state index in [1.165, 1.54) is 0 Å². The first-order valence-corrected chi connectivity index (χ1v) is 10.9. The molecule has 3 amide bonds. The fraction of sp³-hybridized carbons (Fsp3) is 0.192. The van der Waals surface area contributed by atoms with Crippen molar-refractivity contribution in [1.29, 1.82) is 0 Å². The third-order valence-electron chi connectivity index (χ3n) is 4.71. The van der Waals surface area contributed by atoms with Crippen LogP contribution >= 0.6 is 0 Å². The fourth-order valence-electron chi connectivity index (χ4n) is 2.85. The summed E-state index contributed by atoms with van der Waals surface area (Å²) in [7, 11) is 0. The topological polar surface area (TPSA) is 106 Å². The Kier molecular flexibility index (Phi) is 8.62. The average Bonchev–Trinajstić information content (AvgIpc) is 2.86. The highest BCUT2D eigenvalue weighted by molar-refractivity contribution is 6.00. The average molecular weight is 462 g/mol. The van der Waals surface area contributed by atoms with Crippen LogP contribution in [0.5, 0.6) is 11.5 Å². The maximum Gasteiger partial charge on any atom is 0.273 e. The van der Waals surface area contributed by atoms with Gasteiger partial charge in [0.05, 0.1) is 5.56 Å². The fourth-order valence-corrected chi connectivity index (χ4v) is 2.85. The number of ether oxygens (including phenoxy) is 2. The molecule has 0 saturated carbocycles. The number of hydrazine groups is 1. The molecule has 0 spiro atoms. The van der Waals surface area contributed by atoms with E-state index >= 15 is 0 Å². The summed E-state index contributed by atoms with van der Waals surface area (Å²) in [6, 6.07) is 22.4. The Hall–Kier alpha value is -4.33. The number of hydrogen-bond donors (Lipinski definition) is 3. The van der Waals surface area contributed by atoms with E-state index in [0.29, 0.717) is 23.6 Å². The minimum Gasteiger partial charge on any atom is -0.490 e. The van der Waals surface area contributed by atoms with Crippen molar-refractivity contribution in [1.82, 2.24) is 10.9 Å². The monoisotopic (exact) mass is 461 g/mol. The van der Waals surface area contributed by atoms with Crippen molar-refractivity contribution in [2.45, 2.75) is 13.8 Å². The molecular formula is C26H27N3O5. The molecule has 0 bridgehead atoms. The summed E-state index contributed by atoms with van der Waals surface area (Å²) < 4.78 is 11.3. The SMILES string of the molecule is CC(C)C(=O)Nc1ccc(C(=O)NNC(=O)c2ccccc2OCCOc2ccccc2)cc1. The molecule has 3 N–H and O–H groups in total. The number of para-hydroxylation sites is 2. The zero-order chi connectivity index (χ0) is 24.3. The normalized spacial score (nSPS) is 10.3. The van der Waals surface area contributed by atoms with Gasteiger partial charge in [0.15, 0.2) is 0 Å². The first-order chi connectivity index (χ1) is 16.4. The van der Waals surface area contributed by atoms with Crippen LogP contribution in [-0.4, -0.2) is 30.9 Å². The smallest absolute Gasteiger partial charge is 0.273 e. The van der Waals surface area contributed by atoms with Crippen molar-refractivity contribution in [3.8, 4) is 11.5 Å². The van der Waals surface area contributed by atoms with Gasteiger partial charge < -0.3 is 14.8 Å². The molecule has 0 atom stereocenters. The molecule has 0 heterocycles. The standard InChI is InChI=1S/C26H27N3O5/c1-18(2)24(30)27-20-14-12-19(13-15-20)25(31)28-29-26(32)22-10-6-7-11-23(22)34-17-16-33-21-8-4-3-5-9-21/h3-15,18H,16-17H2,1-2H3,(H,27,30)(H,28,31)(H,29,32). The van der Waals surface area contributed by atoms with Gasteiger partial charge in [0.2, 0.25) is 5.91 Å². The van der Waals surface area contributed by atoms with E-state index in [-0.39, 0.29) is 24.0 Å². The van der Waals surface area contributed by atoms with Crippen LogP contribution in [0, 0.1) is 5.92 Å². The van der Waals surface area contributed by atoms with Crippen molar-refractivity contribution < 1.29 is 23.9 Å². The van der Waals surface area contributed by atoms with E-state index in [1.807, 2.05) is 30.3 Å². The largest absolute Gasteiger partial charge is 0.490 e. The Morgan fingerprint density at radius 1 is 0.735 bits per heavy atom. The summed E-state index contributed by atoms with van der Waals surface area (Å²) in [4.78, 5) is 36.8. The molecule has 0 aromatic heterocycles. The molecule has 176 valence electrons. The minimum absolute atomic E-state index is 0.114. The number of benzene rings is 3. The molecule has 8 nitrogen and oxygen atoms in total. The van der Waals surface area contributed by atoms with Gasteiger partial charge in [0.25, 0.3) is 11.8 Å². The van der Waals surface area contributed by atoms with E-state index in [9.17, 15) is 14.4 Å². The van der Waals surface area contributed by atoms with Gasteiger partial charge in [-0.2, -0.15) is 0 Å². The van der Waals surface area contributed by atoms with E-state index < -0.39 is 11.8 Å². The van der Waals surface area contributed by atoms with E-state index in [4.69, 9.17) is 9.47 Å². The van der Waals surface area contributed by atoms with Gasteiger partial charge in [-0.3, -0.25) is 25.2 Å². The van der Waals surface area contributed by atoms with Crippen LogP contribution in [0.1, 0.15) is 34.6 Å². The van der Waals surface area contributed by atoms with Crippen molar-refractivity contribution in [3.63, 3.8) is 0 Å². The van der Waals surface area contributed by atoms with E-state index in [1.54, 1.807) is 62.4 Å². The highest BCUT2D eigenvalue weighted by atomic mass is 16.5. The van der Waals surface area contributed by atoms with Crippen LogP contribution in [0.4, 0.5) is 5.69 Å². The molecule has 8 heteroatoms. The number of carbonyl (C=O) groups excluding carboxylic acids is 3. The Balaban J connectivity index is 1.50. The third kappa shape index (κ3) is 7.09. The third-order valence-corrected chi connectivity index (χ3v) is 4.71. The molecule has 3 aromatic rings. The molecule has 0 aliphatic heterocycles. The lowest BCUT2D eigenvalue weighted by molar-refractivity contribution is -0.118. The summed E-state index contributed by atoms with van der Waals surface area (Å²) in [5.41, 5.74) is 5.96. The molecule has 0 aliphatic carbocycles. The molecule has 0 radical (unpaired) electrons. The lowest BCUT2D eigenvalue weighted by Crippen LogP contribution is -2.41.